The zero-order chi connectivity index (χ0) is 12.3. The number of carbonyl (C=O) groups is 1. The van der Waals surface area contributed by atoms with Gasteiger partial charge in [0.15, 0.2) is 0 Å². The maximum atomic E-state index is 13.1. The third kappa shape index (κ3) is 2.77. The van der Waals surface area contributed by atoms with E-state index in [0.717, 1.165) is 18.2 Å². The van der Waals surface area contributed by atoms with Gasteiger partial charge in [0.25, 0.3) is 5.91 Å². The average molecular weight is 229 g/mol. The zero-order valence-corrected chi connectivity index (χ0v) is 8.45. The molecule has 0 bridgehead atoms. The molecule has 0 aromatic heterocycles. The van der Waals surface area contributed by atoms with Crippen molar-refractivity contribution in [3.8, 4) is 0 Å². The normalized spacial score (nSPS) is 12.1. The van der Waals surface area contributed by atoms with Gasteiger partial charge in [0.2, 0.25) is 0 Å². The molecule has 0 spiro atoms. The molecule has 0 radical (unpaired) electrons. The van der Waals surface area contributed by atoms with Gasteiger partial charge in [0, 0.05) is 0 Å². The van der Waals surface area contributed by atoms with Gasteiger partial charge in [-0.1, -0.05) is 6.07 Å². The SMILES string of the molecule is C[C@H](NC(=O)c1c(F)cccc1F)B(O)O. The van der Waals surface area contributed by atoms with Gasteiger partial charge in [0.05, 0.1) is 5.94 Å². The molecule has 0 aliphatic rings. The van der Waals surface area contributed by atoms with Crippen LogP contribution in [0, 0.1) is 11.6 Å². The fourth-order valence-electron chi connectivity index (χ4n) is 1.07. The molecule has 0 saturated heterocycles. The molecule has 86 valence electrons. The number of hydrogen-bond donors (Lipinski definition) is 3. The van der Waals surface area contributed by atoms with Crippen LogP contribution in [0.2, 0.25) is 0 Å². The molecule has 3 N–H and O–H groups in total. The Morgan fingerprint density at radius 1 is 1.38 bits per heavy atom. The number of halogens is 2. The summed E-state index contributed by atoms with van der Waals surface area (Å²) in [6.45, 7) is 1.29. The van der Waals surface area contributed by atoms with Crippen LogP contribution in [-0.4, -0.2) is 29.0 Å². The summed E-state index contributed by atoms with van der Waals surface area (Å²) >= 11 is 0. The molecule has 1 amide bonds. The lowest BCUT2D eigenvalue weighted by atomic mass is 9.81. The van der Waals surface area contributed by atoms with Gasteiger partial charge >= 0.3 is 7.12 Å². The van der Waals surface area contributed by atoms with E-state index < -0.39 is 36.2 Å². The van der Waals surface area contributed by atoms with E-state index in [1.165, 1.54) is 6.92 Å². The quantitative estimate of drug-likeness (QED) is 0.643. The molecular formula is C9H10BF2NO3. The first kappa shape index (κ1) is 12.6. The summed E-state index contributed by atoms with van der Waals surface area (Å²) in [6, 6.07) is 3.02. The van der Waals surface area contributed by atoms with E-state index in [1.54, 1.807) is 0 Å². The lowest BCUT2D eigenvalue weighted by Gasteiger charge is -2.13. The molecule has 0 aliphatic heterocycles. The van der Waals surface area contributed by atoms with Gasteiger partial charge in [-0.25, -0.2) is 8.78 Å². The van der Waals surface area contributed by atoms with Crippen LogP contribution in [-0.2, 0) is 0 Å². The van der Waals surface area contributed by atoms with Gasteiger partial charge in [0.1, 0.15) is 17.2 Å². The lowest BCUT2D eigenvalue weighted by molar-refractivity contribution is 0.0936. The fourth-order valence-corrected chi connectivity index (χ4v) is 1.07. The van der Waals surface area contributed by atoms with E-state index >= 15 is 0 Å². The largest absolute Gasteiger partial charge is 0.475 e. The Labute approximate surface area is 91.0 Å². The second kappa shape index (κ2) is 5.04. The second-order valence-electron chi connectivity index (χ2n) is 3.27. The predicted molar refractivity (Wildman–Crippen MR) is 53.5 cm³/mol. The van der Waals surface area contributed by atoms with E-state index in [1.807, 2.05) is 0 Å². The number of rotatable bonds is 3. The second-order valence-corrected chi connectivity index (χ2v) is 3.27. The Hall–Kier alpha value is -1.47. The van der Waals surface area contributed by atoms with E-state index in [9.17, 15) is 13.6 Å². The molecule has 0 fully saturated rings. The standard InChI is InChI=1S/C9H10BF2NO3/c1-5(10(15)16)13-9(14)8-6(11)3-2-4-7(8)12/h2-5,15-16H,1H3,(H,13,14)/t5-/m0/s1. The first-order valence-corrected chi connectivity index (χ1v) is 4.54. The maximum absolute atomic E-state index is 13.1. The number of carbonyl (C=O) groups excluding carboxylic acids is 1. The van der Waals surface area contributed by atoms with Gasteiger partial charge in [-0.05, 0) is 19.1 Å². The van der Waals surface area contributed by atoms with Crippen LogP contribution in [0.15, 0.2) is 18.2 Å². The summed E-state index contributed by atoms with van der Waals surface area (Å²) < 4.78 is 26.3. The van der Waals surface area contributed by atoms with Crippen LogP contribution in [0.3, 0.4) is 0 Å². The Bertz CT molecular complexity index is 380. The highest BCUT2D eigenvalue weighted by Gasteiger charge is 2.24. The molecule has 0 saturated carbocycles. The summed E-state index contributed by atoms with van der Waals surface area (Å²) in [5.74, 6) is -4.06. The summed E-state index contributed by atoms with van der Waals surface area (Å²) in [4.78, 5) is 11.4. The van der Waals surface area contributed by atoms with Gasteiger partial charge in [-0.15, -0.1) is 0 Å². The highest BCUT2D eigenvalue weighted by molar-refractivity contribution is 6.43. The third-order valence-corrected chi connectivity index (χ3v) is 2.00. The van der Waals surface area contributed by atoms with Crippen molar-refractivity contribution in [3.63, 3.8) is 0 Å². The van der Waals surface area contributed by atoms with Crippen molar-refractivity contribution < 1.29 is 23.6 Å². The molecular weight excluding hydrogens is 219 g/mol. The van der Waals surface area contributed by atoms with E-state index in [-0.39, 0.29) is 0 Å². The maximum Gasteiger partial charge on any atom is 0.475 e. The molecule has 0 aliphatic carbocycles. The number of amides is 1. The molecule has 16 heavy (non-hydrogen) atoms. The third-order valence-electron chi connectivity index (χ3n) is 2.00. The molecule has 0 heterocycles. The first-order valence-electron chi connectivity index (χ1n) is 4.54. The Morgan fingerprint density at radius 2 is 1.88 bits per heavy atom. The van der Waals surface area contributed by atoms with Crippen LogP contribution in [0.5, 0.6) is 0 Å². The fraction of sp³-hybridized carbons (Fsp3) is 0.222. The smallest absolute Gasteiger partial charge is 0.426 e. The zero-order valence-electron chi connectivity index (χ0n) is 8.45. The first-order chi connectivity index (χ1) is 7.43. The van der Waals surface area contributed by atoms with Crippen molar-refractivity contribution in [2.24, 2.45) is 0 Å². The van der Waals surface area contributed by atoms with Crippen LogP contribution < -0.4 is 5.32 Å². The molecule has 0 unspecified atom stereocenters. The lowest BCUT2D eigenvalue weighted by Crippen LogP contribution is -2.44. The highest BCUT2D eigenvalue weighted by Crippen LogP contribution is 2.11. The Kier molecular flexibility index (Phi) is 3.97. The van der Waals surface area contributed by atoms with Gasteiger partial charge < -0.3 is 15.4 Å². The number of hydrogen-bond acceptors (Lipinski definition) is 3. The van der Waals surface area contributed by atoms with E-state index in [0.29, 0.717) is 0 Å². The summed E-state index contributed by atoms with van der Waals surface area (Å²) in [5.41, 5.74) is -0.741. The molecule has 1 atom stereocenters. The minimum atomic E-state index is -1.79. The van der Waals surface area contributed by atoms with E-state index in [4.69, 9.17) is 10.0 Å². The molecule has 1 aromatic carbocycles. The molecule has 4 nitrogen and oxygen atoms in total. The topological polar surface area (TPSA) is 69.6 Å². The van der Waals surface area contributed by atoms with Crippen molar-refractivity contribution in [1.82, 2.24) is 5.32 Å². The van der Waals surface area contributed by atoms with Crippen molar-refractivity contribution in [2.75, 3.05) is 0 Å². The van der Waals surface area contributed by atoms with Crippen LogP contribution in [0.4, 0.5) is 8.78 Å². The summed E-state index contributed by atoms with van der Waals surface area (Å²) in [7, 11) is -1.79. The highest BCUT2D eigenvalue weighted by atomic mass is 19.1. The van der Waals surface area contributed by atoms with Gasteiger partial charge in [-0.2, -0.15) is 0 Å². The Morgan fingerprint density at radius 3 is 2.31 bits per heavy atom. The van der Waals surface area contributed by atoms with Crippen molar-refractivity contribution in [2.45, 2.75) is 12.9 Å². The summed E-state index contributed by atoms with van der Waals surface area (Å²) in [6.07, 6.45) is 0. The van der Waals surface area contributed by atoms with E-state index in [2.05, 4.69) is 5.32 Å². The van der Waals surface area contributed by atoms with Gasteiger partial charge in [-0.3, -0.25) is 4.79 Å². The Balaban J connectivity index is 2.89. The van der Waals surface area contributed by atoms with Crippen LogP contribution >= 0.6 is 0 Å². The van der Waals surface area contributed by atoms with Crippen molar-refractivity contribution >= 4 is 13.0 Å². The number of nitrogens with one attached hydrogen (secondary N) is 1. The van der Waals surface area contributed by atoms with Crippen molar-refractivity contribution in [1.29, 1.82) is 0 Å². The average Bonchev–Trinajstić information content (AvgIpc) is 2.16. The summed E-state index contributed by atoms with van der Waals surface area (Å²) in [5, 5.41) is 19.5. The van der Waals surface area contributed by atoms with Crippen LogP contribution in [0.1, 0.15) is 17.3 Å². The monoisotopic (exact) mass is 229 g/mol. The minimum absolute atomic E-state index is 0.741. The molecule has 7 heteroatoms. The number of benzene rings is 1. The predicted octanol–water partition coefficient (Wildman–Crippen LogP) is 0.0951. The molecule has 1 rings (SSSR count). The van der Waals surface area contributed by atoms with Crippen LogP contribution in [0.25, 0.3) is 0 Å². The minimum Gasteiger partial charge on any atom is -0.426 e. The molecule has 1 aromatic rings. The van der Waals surface area contributed by atoms with Crippen molar-refractivity contribution in [3.05, 3.63) is 35.4 Å².